The lowest BCUT2D eigenvalue weighted by Gasteiger charge is -2.27. The quantitative estimate of drug-likeness (QED) is 0.691. The summed E-state index contributed by atoms with van der Waals surface area (Å²) in [6, 6.07) is 5.55. The minimum atomic E-state index is -0.468. The van der Waals surface area contributed by atoms with E-state index in [1.54, 1.807) is 0 Å². The van der Waals surface area contributed by atoms with E-state index in [0.29, 0.717) is 6.42 Å². The number of nitrogens with one attached hydrogen (secondary N) is 1. The third kappa shape index (κ3) is 1.94. The molecule has 1 aromatic rings. The van der Waals surface area contributed by atoms with Crippen LogP contribution in [0.25, 0.3) is 0 Å². The van der Waals surface area contributed by atoms with Gasteiger partial charge in [-0.25, -0.2) is 0 Å². The number of hydrogen-bond donors (Lipinski definition) is 3. The summed E-state index contributed by atoms with van der Waals surface area (Å²) in [6.07, 6.45) is 0.431. The smallest absolute Gasteiger partial charge is 0.228 e. The van der Waals surface area contributed by atoms with Crippen molar-refractivity contribution in [2.75, 3.05) is 5.32 Å². The summed E-state index contributed by atoms with van der Waals surface area (Å²) < 4.78 is 0. The molecule has 0 aliphatic carbocycles. The van der Waals surface area contributed by atoms with Crippen LogP contribution in [0.5, 0.6) is 0 Å². The third-order valence-corrected chi connectivity index (χ3v) is 2.92. The molecule has 4 heteroatoms. The van der Waals surface area contributed by atoms with Gasteiger partial charge in [-0.05, 0) is 31.0 Å². The maximum absolute atomic E-state index is 11.2. The molecular formula is C12H17N3O. The van der Waals surface area contributed by atoms with Crippen LogP contribution in [-0.2, 0) is 11.2 Å². The molecule has 5 N–H and O–H groups in total. The first-order valence-corrected chi connectivity index (χ1v) is 5.35. The maximum Gasteiger partial charge on any atom is 0.228 e. The second-order valence-corrected chi connectivity index (χ2v) is 4.94. The maximum atomic E-state index is 11.2. The molecule has 1 atom stereocenters. The molecule has 1 aromatic carbocycles. The summed E-state index contributed by atoms with van der Waals surface area (Å²) in [5.41, 5.74) is 14.4. The zero-order valence-electron chi connectivity index (χ0n) is 9.58. The summed E-state index contributed by atoms with van der Waals surface area (Å²) in [5.74, 6) is 0.0349. The van der Waals surface area contributed by atoms with Crippen LogP contribution < -0.4 is 16.8 Å². The number of fused-ring (bicyclic) bond motifs is 1. The van der Waals surface area contributed by atoms with Gasteiger partial charge < -0.3 is 16.8 Å². The van der Waals surface area contributed by atoms with Gasteiger partial charge in [0.05, 0.1) is 6.42 Å². The lowest BCUT2D eigenvalue weighted by atomic mass is 9.89. The van der Waals surface area contributed by atoms with Crippen molar-refractivity contribution in [3.63, 3.8) is 0 Å². The van der Waals surface area contributed by atoms with Gasteiger partial charge in [0.1, 0.15) is 0 Å². The molecule has 1 amide bonds. The van der Waals surface area contributed by atoms with E-state index in [-0.39, 0.29) is 11.9 Å². The van der Waals surface area contributed by atoms with E-state index in [9.17, 15) is 4.79 Å². The summed E-state index contributed by atoms with van der Waals surface area (Å²) in [6.45, 7) is 3.79. The van der Waals surface area contributed by atoms with Crippen LogP contribution in [-0.4, -0.2) is 11.4 Å². The van der Waals surface area contributed by atoms with E-state index in [4.69, 9.17) is 11.5 Å². The Labute approximate surface area is 95.0 Å². The Morgan fingerprint density at radius 2 is 2.12 bits per heavy atom. The molecule has 0 saturated heterocycles. The molecule has 86 valence electrons. The first-order valence-electron chi connectivity index (χ1n) is 5.35. The van der Waals surface area contributed by atoms with Gasteiger partial charge in [0.2, 0.25) is 5.91 Å². The van der Waals surface area contributed by atoms with Gasteiger partial charge in [0.25, 0.3) is 0 Å². The van der Waals surface area contributed by atoms with Crippen molar-refractivity contribution >= 4 is 11.6 Å². The molecule has 0 radical (unpaired) electrons. The molecule has 2 rings (SSSR count). The predicted molar refractivity (Wildman–Crippen MR) is 64.0 cm³/mol. The van der Waals surface area contributed by atoms with E-state index in [1.165, 1.54) is 0 Å². The van der Waals surface area contributed by atoms with Gasteiger partial charge in [-0.2, -0.15) is 0 Å². The van der Waals surface area contributed by atoms with E-state index < -0.39 is 5.54 Å². The third-order valence-electron chi connectivity index (χ3n) is 2.92. The van der Waals surface area contributed by atoms with E-state index in [2.05, 4.69) is 5.32 Å². The Bertz CT molecular complexity index is 434. The summed E-state index contributed by atoms with van der Waals surface area (Å²) in [4.78, 5) is 11.2. The van der Waals surface area contributed by atoms with Crippen molar-refractivity contribution in [2.45, 2.75) is 31.8 Å². The van der Waals surface area contributed by atoms with E-state index in [0.717, 1.165) is 16.8 Å². The molecule has 0 bridgehead atoms. The van der Waals surface area contributed by atoms with Crippen molar-refractivity contribution in [3.05, 3.63) is 29.3 Å². The minimum absolute atomic E-state index is 0.0349. The van der Waals surface area contributed by atoms with Crippen molar-refractivity contribution in [1.29, 1.82) is 0 Å². The Kier molecular flexibility index (Phi) is 2.48. The molecule has 1 unspecified atom stereocenters. The normalized spacial score (nSPS) is 16.9. The molecule has 0 fully saturated rings. The number of anilines is 1. The number of benzene rings is 1. The Hall–Kier alpha value is -1.39. The monoisotopic (exact) mass is 219 g/mol. The van der Waals surface area contributed by atoms with Crippen LogP contribution in [0.4, 0.5) is 5.69 Å². The number of nitrogens with two attached hydrogens (primary N) is 2. The van der Waals surface area contributed by atoms with Crippen LogP contribution >= 0.6 is 0 Å². The highest BCUT2D eigenvalue weighted by molar-refractivity contribution is 5.99. The highest BCUT2D eigenvalue weighted by Crippen LogP contribution is 2.28. The summed E-state index contributed by atoms with van der Waals surface area (Å²) in [7, 11) is 0. The molecule has 0 spiro atoms. The van der Waals surface area contributed by atoms with Crippen LogP contribution in [0.15, 0.2) is 18.2 Å². The summed E-state index contributed by atoms with van der Waals surface area (Å²) in [5, 5.41) is 2.79. The van der Waals surface area contributed by atoms with Gasteiger partial charge in [-0.3, -0.25) is 4.79 Å². The highest BCUT2D eigenvalue weighted by atomic mass is 16.1. The fraction of sp³-hybridized carbons (Fsp3) is 0.417. The largest absolute Gasteiger partial charge is 0.326 e. The lowest BCUT2D eigenvalue weighted by Crippen LogP contribution is -2.43. The zero-order chi connectivity index (χ0) is 11.9. The molecule has 4 nitrogen and oxygen atoms in total. The number of carbonyl (C=O) groups is 1. The molecule has 1 aliphatic heterocycles. The SMILES string of the molecule is CC(C)(N)C(N)c1ccc2c(c1)CC(=O)N2. The zero-order valence-corrected chi connectivity index (χ0v) is 9.58. The van der Waals surface area contributed by atoms with Crippen molar-refractivity contribution in [1.82, 2.24) is 0 Å². The molecule has 1 heterocycles. The standard InChI is InChI=1S/C12H17N3O/c1-12(2,14)11(13)7-3-4-9-8(5-7)6-10(16)15-9/h3-5,11H,6,13-14H2,1-2H3,(H,15,16). The van der Waals surface area contributed by atoms with E-state index >= 15 is 0 Å². The fourth-order valence-corrected chi connectivity index (χ4v) is 1.87. The average molecular weight is 219 g/mol. The van der Waals surface area contributed by atoms with Gasteiger partial charge in [-0.1, -0.05) is 12.1 Å². The van der Waals surface area contributed by atoms with Crippen LogP contribution in [0, 0.1) is 0 Å². The molecule has 1 aliphatic rings. The van der Waals surface area contributed by atoms with Gasteiger partial charge in [-0.15, -0.1) is 0 Å². The van der Waals surface area contributed by atoms with Crippen LogP contribution in [0.1, 0.15) is 31.0 Å². The van der Waals surface area contributed by atoms with Crippen molar-refractivity contribution in [2.24, 2.45) is 11.5 Å². The van der Waals surface area contributed by atoms with Gasteiger partial charge in [0, 0.05) is 17.3 Å². The highest BCUT2D eigenvalue weighted by Gasteiger charge is 2.25. The predicted octanol–water partition coefficient (Wildman–Crippen LogP) is 0.918. The topological polar surface area (TPSA) is 81.1 Å². The van der Waals surface area contributed by atoms with Crippen LogP contribution in [0.3, 0.4) is 0 Å². The number of hydrogen-bond acceptors (Lipinski definition) is 3. The fourth-order valence-electron chi connectivity index (χ4n) is 1.87. The number of amides is 1. The Morgan fingerprint density at radius 3 is 2.75 bits per heavy atom. The molecule has 16 heavy (non-hydrogen) atoms. The van der Waals surface area contributed by atoms with Crippen molar-refractivity contribution in [3.8, 4) is 0 Å². The number of rotatable bonds is 2. The van der Waals surface area contributed by atoms with Gasteiger partial charge >= 0.3 is 0 Å². The second-order valence-electron chi connectivity index (χ2n) is 4.94. The van der Waals surface area contributed by atoms with E-state index in [1.807, 2.05) is 32.0 Å². The molecule has 0 saturated carbocycles. The molecular weight excluding hydrogens is 202 g/mol. The lowest BCUT2D eigenvalue weighted by molar-refractivity contribution is -0.115. The van der Waals surface area contributed by atoms with Crippen molar-refractivity contribution < 1.29 is 4.79 Å². The average Bonchev–Trinajstić information content (AvgIpc) is 2.54. The Morgan fingerprint density at radius 1 is 1.44 bits per heavy atom. The van der Waals surface area contributed by atoms with Crippen LogP contribution in [0.2, 0.25) is 0 Å². The first-order chi connectivity index (χ1) is 7.38. The summed E-state index contributed by atoms with van der Waals surface area (Å²) >= 11 is 0. The second kappa shape index (κ2) is 3.57. The minimum Gasteiger partial charge on any atom is -0.326 e. The number of carbonyl (C=O) groups excluding carboxylic acids is 1. The first kappa shape index (κ1) is 11.1. The molecule has 0 aromatic heterocycles. The Balaban J connectivity index is 2.33. The van der Waals surface area contributed by atoms with Gasteiger partial charge in [0.15, 0.2) is 0 Å².